The first-order valence-corrected chi connectivity index (χ1v) is 9.96. The maximum atomic E-state index is 13.6. The van der Waals surface area contributed by atoms with Gasteiger partial charge in [0.15, 0.2) is 0 Å². The molecule has 0 radical (unpaired) electrons. The molecule has 6 nitrogen and oxygen atoms in total. The number of anilines is 1. The molecule has 0 atom stereocenters. The number of hydrogen-bond acceptors (Lipinski definition) is 4. The van der Waals surface area contributed by atoms with Gasteiger partial charge in [0.2, 0.25) is 0 Å². The van der Waals surface area contributed by atoms with Crippen LogP contribution in [-0.2, 0) is 10.8 Å². The van der Waals surface area contributed by atoms with Crippen molar-refractivity contribution in [1.82, 2.24) is 5.32 Å². The molecular formula is C20H17F5IN3O3. The molecule has 0 aliphatic carbocycles. The van der Waals surface area contributed by atoms with Gasteiger partial charge in [0, 0.05) is 14.8 Å². The summed E-state index contributed by atoms with van der Waals surface area (Å²) in [4.78, 5) is 29.8. The van der Waals surface area contributed by atoms with Crippen LogP contribution in [0.25, 0.3) is 0 Å². The van der Waals surface area contributed by atoms with Gasteiger partial charge < -0.3 is 15.5 Å². The second-order valence-corrected chi connectivity index (χ2v) is 7.56. The van der Waals surface area contributed by atoms with Crippen molar-refractivity contribution in [3.8, 4) is 0 Å². The van der Waals surface area contributed by atoms with Crippen LogP contribution in [0.1, 0.15) is 31.8 Å². The second kappa shape index (κ2) is 10.2. The number of rotatable bonds is 7. The van der Waals surface area contributed by atoms with E-state index in [0.717, 1.165) is 6.07 Å². The minimum atomic E-state index is -5.75. The fraction of sp³-hybridized carbons (Fsp3) is 0.250. The number of nitrogens with zero attached hydrogens (tertiary/aromatic N) is 1. The van der Waals surface area contributed by atoms with E-state index < -0.39 is 29.5 Å². The fourth-order valence-electron chi connectivity index (χ4n) is 2.64. The summed E-state index contributed by atoms with van der Waals surface area (Å²) in [5.74, 6) is -6.34. The maximum absolute atomic E-state index is 13.6. The summed E-state index contributed by atoms with van der Waals surface area (Å²) >= 11 is 1.87. The standard InChI is InChI=1S/C20H17F5IN3O3/c1-11-10-12(19(21,22)20(23,24)25)6-7-15(11)29-17(30)13-4-3-5-14(26)16(13)18(31)27-8-9-28-32-2/h3-7,9-10H,8H2,1-2H3,(H,27,31)(H,29,30)/b28-9+. The predicted molar refractivity (Wildman–Crippen MR) is 116 cm³/mol. The lowest BCUT2D eigenvalue weighted by atomic mass is 10.0. The number of carbonyl (C=O) groups excluding carboxylic acids is 2. The van der Waals surface area contributed by atoms with Crippen LogP contribution in [0.2, 0.25) is 0 Å². The first-order valence-electron chi connectivity index (χ1n) is 8.89. The number of hydrogen-bond donors (Lipinski definition) is 2. The highest BCUT2D eigenvalue weighted by molar-refractivity contribution is 14.1. The SMILES string of the molecule is CO/N=C/CNC(=O)c1c(I)cccc1C(=O)Nc1ccc(C(F)(F)C(F)(F)F)cc1C. The highest BCUT2D eigenvalue weighted by Crippen LogP contribution is 2.44. The quantitative estimate of drug-likeness (QED) is 0.216. The Labute approximate surface area is 193 Å². The van der Waals surface area contributed by atoms with E-state index >= 15 is 0 Å². The normalized spacial score (nSPS) is 12.0. The molecule has 0 unspecified atom stereocenters. The van der Waals surface area contributed by atoms with Gasteiger partial charge in [0.25, 0.3) is 11.8 Å². The first kappa shape index (κ1) is 25.5. The summed E-state index contributed by atoms with van der Waals surface area (Å²) < 4.78 is 65.4. The monoisotopic (exact) mass is 569 g/mol. The minimum absolute atomic E-state index is 0.00724. The Bertz CT molecular complexity index is 1040. The number of aryl methyl sites for hydroxylation is 1. The Balaban J connectivity index is 2.29. The van der Waals surface area contributed by atoms with E-state index in [1.807, 2.05) is 22.6 Å². The fourth-order valence-corrected chi connectivity index (χ4v) is 3.38. The third kappa shape index (κ3) is 5.72. The Morgan fingerprint density at radius 2 is 1.81 bits per heavy atom. The summed E-state index contributed by atoms with van der Waals surface area (Å²) in [7, 11) is 1.33. The van der Waals surface area contributed by atoms with Crippen LogP contribution in [0, 0.1) is 10.5 Å². The Kier molecular flexibility index (Phi) is 8.15. The largest absolute Gasteiger partial charge is 0.458 e. The molecule has 0 saturated heterocycles. The van der Waals surface area contributed by atoms with Gasteiger partial charge in [-0.1, -0.05) is 17.3 Å². The van der Waals surface area contributed by atoms with Crippen LogP contribution < -0.4 is 10.6 Å². The molecule has 0 fully saturated rings. The van der Waals surface area contributed by atoms with Gasteiger partial charge in [-0.25, -0.2) is 0 Å². The van der Waals surface area contributed by atoms with Gasteiger partial charge in [-0.2, -0.15) is 22.0 Å². The molecular weight excluding hydrogens is 552 g/mol. The molecule has 32 heavy (non-hydrogen) atoms. The van der Waals surface area contributed by atoms with Crippen molar-refractivity contribution in [2.75, 3.05) is 19.0 Å². The lowest BCUT2D eigenvalue weighted by Crippen LogP contribution is -2.33. The van der Waals surface area contributed by atoms with Crippen LogP contribution >= 0.6 is 22.6 Å². The number of oxime groups is 1. The Morgan fingerprint density at radius 1 is 1.12 bits per heavy atom. The molecule has 2 amide bonds. The second-order valence-electron chi connectivity index (χ2n) is 6.40. The zero-order valence-corrected chi connectivity index (χ0v) is 18.8. The molecule has 172 valence electrons. The first-order chi connectivity index (χ1) is 14.9. The topological polar surface area (TPSA) is 79.8 Å². The molecule has 0 bridgehead atoms. The number of amides is 2. The lowest BCUT2D eigenvalue weighted by Gasteiger charge is -2.21. The van der Waals surface area contributed by atoms with Crippen molar-refractivity contribution in [2.45, 2.75) is 19.0 Å². The summed E-state index contributed by atoms with van der Waals surface area (Å²) in [6.45, 7) is 1.32. The lowest BCUT2D eigenvalue weighted by molar-refractivity contribution is -0.289. The van der Waals surface area contributed by atoms with Crippen LogP contribution in [0.15, 0.2) is 41.6 Å². The van der Waals surface area contributed by atoms with E-state index in [0.29, 0.717) is 15.7 Å². The summed E-state index contributed by atoms with van der Waals surface area (Å²) in [5, 5.41) is 8.47. The average molecular weight is 569 g/mol. The van der Waals surface area contributed by atoms with Gasteiger partial charge in [0.1, 0.15) is 7.11 Å². The third-order valence-corrected chi connectivity index (χ3v) is 5.11. The van der Waals surface area contributed by atoms with E-state index in [2.05, 4.69) is 20.6 Å². The molecule has 2 rings (SSSR count). The Morgan fingerprint density at radius 3 is 2.41 bits per heavy atom. The molecule has 0 aromatic heterocycles. The van der Waals surface area contributed by atoms with E-state index in [4.69, 9.17) is 0 Å². The average Bonchev–Trinajstić information content (AvgIpc) is 2.71. The zero-order chi connectivity index (χ0) is 24.1. The number of alkyl halides is 5. The molecule has 0 aliphatic heterocycles. The van der Waals surface area contributed by atoms with Gasteiger partial charge in [-0.15, -0.1) is 0 Å². The van der Waals surface area contributed by atoms with Crippen LogP contribution in [0.5, 0.6) is 0 Å². The van der Waals surface area contributed by atoms with Crippen molar-refractivity contribution >= 4 is 46.3 Å². The highest BCUT2D eigenvalue weighted by atomic mass is 127. The number of halogens is 6. The van der Waals surface area contributed by atoms with Crippen LogP contribution in [0.3, 0.4) is 0 Å². The number of benzene rings is 2. The highest BCUT2D eigenvalue weighted by Gasteiger charge is 2.58. The number of nitrogens with one attached hydrogen (secondary N) is 2. The van der Waals surface area contributed by atoms with E-state index in [9.17, 15) is 31.5 Å². The van der Waals surface area contributed by atoms with E-state index in [1.54, 1.807) is 12.1 Å². The van der Waals surface area contributed by atoms with Crippen LogP contribution in [-0.4, -0.2) is 37.9 Å². The molecule has 0 saturated carbocycles. The van der Waals surface area contributed by atoms with Gasteiger partial charge >= 0.3 is 12.1 Å². The molecule has 0 aliphatic rings. The summed E-state index contributed by atoms with van der Waals surface area (Å²) in [6.07, 6.45) is -4.45. The minimum Gasteiger partial charge on any atom is -0.399 e. The molecule has 2 aromatic carbocycles. The smallest absolute Gasteiger partial charge is 0.399 e. The van der Waals surface area contributed by atoms with Crippen molar-refractivity contribution in [3.63, 3.8) is 0 Å². The Hall–Kier alpha value is -2.77. The van der Waals surface area contributed by atoms with E-state index in [1.165, 1.54) is 26.3 Å². The summed E-state index contributed by atoms with van der Waals surface area (Å²) in [5.41, 5.74) is -1.18. The zero-order valence-electron chi connectivity index (χ0n) is 16.7. The van der Waals surface area contributed by atoms with Crippen molar-refractivity contribution in [2.24, 2.45) is 5.16 Å². The van der Waals surface area contributed by atoms with Crippen molar-refractivity contribution in [1.29, 1.82) is 0 Å². The van der Waals surface area contributed by atoms with Gasteiger partial charge in [0.05, 0.1) is 23.9 Å². The third-order valence-electron chi connectivity index (χ3n) is 4.21. The molecule has 2 N–H and O–H groups in total. The van der Waals surface area contributed by atoms with Gasteiger partial charge in [-0.3, -0.25) is 9.59 Å². The molecule has 0 heterocycles. The maximum Gasteiger partial charge on any atom is 0.458 e. The van der Waals surface area contributed by atoms with Crippen LogP contribution in [0.4, 0.5) is 27.6 Å². The molecule has 12 heteroatoms. The predicted octanol–water partition coefficient (Wildman–Crippen LogP) is 4.87. The van der Waals surface area contributed by atoms with Crippen molar-refractivity contribution < 1.29 is 36.4 Å². The summed E-state index contributed by atoms with van der Waals surface area (Å²) in [6, 6.07) is 6.73. The number of carbonyl (C=O) groups is 2. The molecule has 0 spiro atoms. The van der Waals surface area contributed by atoms with Crippen molar-refractivity contribution in [3.05, 3.63) is 62.2 Å². The van der Waals surface area contributed by atoms with E-state index in [-0.39, 0.29) is 28.9 Å². The van der Waals surface area contributed by atoms with Gasteiger partial charge in [-0.05, 0) is 59.3 Å². The molecule has 2 aromatic rings.